The maximum atomic E-state index is 11.6. The molecule has 5 heteroatoms. The van der Waals surface area contributed by atoms with Crippen molar-refractivity contribution in [3.8, 4) is 0 Å². The Kier molecular flexibility index (Phi) is 4.72. The third-order valence-electron chi connectivity index (χ3n) is 1.90. The van der Waals surface area contributed by atoms with Crippen LogP contribution in [0.2, 0.25) is 0 Å². The molecular formula is C11H11IO4. The van der Waals surface area contributed by atoms with E-state index in [0.29, 0.717) is 3.57 Å². The molecule has 0 radical (unpaired) electrons. The number of ether oxygens (including phenoxy) is 2. The number of hydrogen-bond donors (Lipinski definition) is 0. The average molecular weight is 334 g/mol. The van der Waals surface area contributed by atoms with Gasteiger partial charge in [-0.15, -0.1) is 0 Å². The van der Waals surface area contributed by atoms with E-state index in [1.54, 1.807) is 25.1 Å². The zero-order chi connectivity index (χ0) is 12.1. The topological polar surface area (TPSA) is 52.6 Å². The van der Waals surface area contributed by atoms with Crippen LogP contribution < -0.4 is 0 Å². The minimum absolute atomic E-state index is 0.237. The Bertz CT molecular complexity index is 414. The van der Waals surface area contributed by atoms with Crippen molar-refractivity contribution < 1.29 is 19.1 Å². The van der Waals surface area contributed by atoms with Crippen molar-refractivity contribution in [2.24, 2.45) is 0 Å². The predicted octanol–water partition coefficient (Wildman–Crippen LogP) is 2.25. The molecule has 0 fully saturated rings. The molecule has 0 saturated carbocycles. The van der Waals surface area contributed by atoms with E-state index in [9.17, 15) is 9.59 Å². The molecule has 4 nitrogen and oxygen atoms in total. The van der Waals surface area contributed by atoms with E-state index in [-0.39, 0.29) is 17.7 Å². The number of carbonyl (C=O) groups is 2. The molecule has 0 aliphatic rings. The van der Waals surface area contributed by atoms with Crippen LogP contribution in [0, 0.1) is 3.57 Å². The van der Waals surface area contributed by atoms with Crippen molar-refractivity contribution in [1.82, 2.24) is 0 Å². The van der Waals surface area contributed by atoms with Crippen LogP contribution in [-0.2, 0) is 9.47 Å². The maximum Gasteiger partial charge on any atom is 0.339 e. The number of halogens is 1. The molecule has 16 heavy (non-hydrogen) atoms. The molecule has 0 atom stereocenters. The largest absolute Gasteiger partial charge is 0.465 e. The Morgan fingerprint density at radius 2 is 2.00 bits per heavy atom. The van der Waals surface area contributed by atoms with Crippen molar-refractivity contribution in [2.45, 2.75) is 6.92 Å². The van der Waals surface area contributed by atoms with Crippen molar-refractivity contribution in [3.63, 3.8) is 0 Å². The van der Waals surface area contributed by atoms with Gasteiger partial charge in [-0.1, -0.05) is 6.07 Å². The van der Waals surface area contributed by atoms with E-state index in [4.69, 9.17) is 4.74 Å². The van der Waals surface area contributed by atoms with Gasteiger partial charge in [0.05, 0.1) is 24.8 Å². The molecule has 1 aromatic rings. The number of hydrogen-bond acceptors (Lipinski definition) is 4. The molecule has 0 aliphatic carbocycles. The van der Waals surface area contributed by atoms with Crippen LogP contribution in [0.5, 0.6) is 0 Å². The van der Waals surface area contributed by atoms with E-state index >= 15 is 0 Å². The molecule has 1 aromatic carbocycles. The molecule has 0 unspecified atom stereocenters. The summed E-state index contributed by atoms with van der Waals surface area (Å²) in [6.07, 6.45) is 0. The molecule has 0 saturated heterocycles. The van der Waals surface area contributed by atoms with E-state index in [1.807, 2.05) is 22.6 Å². The predicted molar refractivity (Wildman–Crippen MR) is 66.5 cm³/mol. The molecule has 0 amide bonds. The Balaban J connectivity index is 3.22. The van der Waals surface area contributed by atoms with E-state index in [0.717, 1.165) is 0 Å². The quantitative estimate of drug-likeness (QED) is 0.629. The third-order valence-corrected chi connectivity index (χ3v) is 2.80. The Morgan fingerprint density at radius 1 is 1.31 bits per heavy atom. The fourth-order valence-electron chi connectivity index (χ4n) is 1.21. The minimum Gasteiger partial charge on any atom is -0.465 e. The standard InChI is InChI=1S/C11H11IO4/c1-3-16-10(13)7-5-4-6-8(12)9(7)11(14)15-2/h4-6H,3H2,1-2H3. The maximum absolute atomic E-state index is 11.6. The number of carbonyl (C=O) groups excluding carboxylic acids is 2. The SMILES string of the molecule is CCOC(=O)c1cccc(I)c1C(=O)OC. The highest BCUT2D eigenvalue weighted by Gasteiger charge is 2.21. The second kappa shape index (κ2) is 5.83. The summed E-state index contributed by atoms with van der Waals surface area (Å²) in [4.78, 5) is 23.1. The van der Waals surface area contributed by atoms with Gasteiger partial charge in [0.2, 0.25) is 0 Å². The summed E-state index contributed by atoms with van der Waals surface area (Å²) >= 11 is 1.98. The lowest BCUT2D eigenvalue weighted by Gasteiger charge is -2.08. The molecule has 86 valence electrons. The molecular weight excluding hydrogens is 323 g/mol. The number of rotatable bonds is 3. The summed E-state index contributed by atoms with van der Waals surface area (Å²) in [5, 5.41) is 0. The molecule has 0 spiro atoms. The highest BCUT2D eigenvalue weighted by atomic mass is 127. The molecule has 1 rings (SSSR count). The number of esters is 2. The Morgan fingerprint density at radius 3 is 2.56 bits per heavy atom. The van der Waals surface area contributed by atoms with Crippen molar-refractivity contribution in [1.29, 1.82) is 0 Å². The lowest BCUT2D eigenvalue weighted by molar-refractivity contribution is 0.0503. The van der Waals surface area contributed by atoms with Gasteiger partial charge in [-0.3, -0.25) is 0 Å². The van der Waals surface area contributed by atoms with E-state index in [2.05, 4.69) is 4.74 Å². The zero-order valence-electron chi connectivity index (χ0n) is 8.95. The Labute approximate surface area is 107 Å². The molecule has 0 aliphatic heterocycles. The summed E-state index contributed by atoms with van der Waals surface area (Å²) in [5.74, 6) is -1.05. The first-order valence-corrected chi connectivity index (χ1v) is 5.73. The zero-order valence-corrected chi connectivity index (χ0v) is 11.1. The van der Waals surface area contributed by atoms with Gasteiger partial charge in [0.25, 0.3) is 0 Å². The fourth-order valence-corrected chi connectivity index (χ4v) is 1.93. The van der Waals surface area contributed by atoms with Crippen LogP contribution in [0.4, 0.5) is 0 Å². The second-order valence-electron chi connectivity index (χ2n) is 2.87. The summed E-state index contributed by atoms with van der Waals surface area (Å²) in [5.41, 5.74) is 0.490. The van der Waals surface area contributed by atoms with Crippen LogP contribution in [-0.4, -0.2) is 25.7 Å². The monoisotopic (exact) mass is 334 g/mol. The van der Waals surface area contributed by atoms with Gasteiger partial charge in [0.1, 0.15) is 0 Å². The normalized spacial score (nSPS) is 9.69. The van der Waals surface area contributed by atoms with Crippen molar-refractivity contribution in [2.75, 3.05) is 13.7 Å². The van der Waals surface area contributed by atoms with E-state index in [1.165, 1.54) is 7.11 Å². The van der Waals surface area contributed by atoms with Crippen LogP contribution in [0.3, 0.4) is 0 Å². The van der Waals surface area contributed by atoms with Crippen molar-refractivity contribution >= 4 is 34.5 Å². The summed E-state index contributed by atoms with van der Waals surface area (Å²) in [6.45, 7) is 1.98. The van der Waals surface area contributed by atoms with Gasteiger partial charge in [0.15, 0.2) is 0 Å². The summed E-state index contributed by atoms with van der Waals surface area (Å²) in [6, 6.07) is 4.97. The van der Waals surface area contributed by atoms with Crippen LogP contribution in [0.1, 0.15) is 27.6 Å². The molecule has 0 bridgehead atoms. The molecule has 0 aromatic heterocycles. The summed E-state index contributed by atoms with van der Waals surface area (Å²) in [7, 11) is 1.28. The van der Waals surface area contributed by atoms with Gasteiger partial charge < -0.3 is 9.47 Å². The second-order valence-corrected chi connectivity index (χ2v) is 4.04. The smallest absolute Gasteiger partial charge is 0.339 e. The van der Waals surface area contributed by atoms with E-state index < -0.39 is 11.9 Å². The van der Waals surface area contributed by atoms with Gasteiger partial charge in [-0.2, -0.15) is 0 Å². The van der Waals surface area contributed by atoms with Gasteiger partial charge in [-0.25, -0.2) is 9.59 Å². The lowest BCUT2D eigenvalue weighted by atomic mass is 10.1. The van der Waals surface area contributed by atoms with Gasteiger partial charge in [-0.05, 0) is 41.6 Å². The lowest BCUT2D eigenvalue weighted by Crippen LogP contribution is -2.14. The highest BCUT2D eigenvalue weighted by molar-refractivity contribution is 14.1. The first-order valence-electron chi connectivity index (χ1n) is 4.65. The molecule has 0 N–H and O–H groups in total. The van der Waals surface area contributed by atoms with Crippen LogP contribution in [0.25, 0.3) is 0 Å². The average Bonchev–Trinajstić information content (AvgIpc) is 2.28. The van der Waals surface area contributed by atoms with Crippen LogP contribution in [0.15, 0.2) is 18.2 Å². The first kappa shape index (κ1) is 13.0. The number of methoxy groups -OCH3 is 1. The number of benzene rings is 1. The van der Waals surface area contributed by atoms with Gasteiger partial charge >= 0.3 is 11.9 Å². The van der Waals surface area contributed by atoms with Crippen LogP contribution >= 0.6 is 22.6 Å². The third kappa shape index (κ3) is 2.72. The highest BCUT2D eigenvalue weighted by Crippen LogP contribution is 2.19. The van der Waals surface area contributed by atoms with Crippen molar-refractivity contribution in [3.05, 3.63) is 32.9 Å². The minimum atomic E-state index is -0.534. The first-order chi connectivity index (χ1) is 7.61. The Hall–Kier alpha value is -1.11. The molecule has 0 heterocycles. The fraction of sp³-hybridized carbons (Fsp3) is 0.273. The van der Waals surface area contributed by atoms with Gasteiger partial charge in [0, 0.05) is 3.57 Å². The summed E-state index contributed by atoms with van der Waals surface area (Å²) < 4.78 is 10.2.